The second kappa shape index (κ2) is 6.54. The lowest BCUT2D eigenvalue weighted by Gasteiger charge is -2.04. The largest absolute Gasteiger partial charge is 0.306 e. The molecule has 25 heavy (non-hydrogen) atoms. The molecule has 0 aliphatic rings. The van der Waals surface area contributed by atoms with Crippen molar-refractivity contribution >= 4 is 37.5 Å². The molecule has 4 nitrogen and oxygen atoms in total. The first kappa shape index (κ1) is 16.2. The molecule has 4 rings (SSSR count). The molecule has 0 aliphatic carbocycles. The Balaban J connectivity index is 1.98. The van der Waals surface area contributed by atoms with Crippen molar-refractivity contribution in [1.29, 1.82) is 0 Å². The molecule has 124 valence electrons. The standard InChI is InChI=1S/C19H14BrN3OS/c1-2-14-15(11-3-5-13(20)6-4-11)16-18(24)22-17(23-19(16)25-14)12-7-9-21-10-8-12/h3-10H,2H2,1H3,(H,22,23,24). The number of fused-ring (bicyclic) bond motifs is 1. The number of rotatable bonds is 3. The van der Waals surface area contributed by atoms with Crippen LogP contribution in [-0.2, 0) is 6.42 Å². The summed E-state index contributed by atoms with van der Waals surface area (Å²) in [5.41, 5.74) is 2.77. The minimum Gasteiger partial charge on any atom is -0.306 e. The molecule has 4 aromatic rings. The van der Waals surface area contributed by atoms with Gasteiger partial charge < -0.3 is 4.98 Å². The maximum atomic E-state index is 12.8. The molecule has 0 bridgehead atoms. The van der Waals surface area contributed by atoms with Gasteiger partial charge in [0.15, 0.2) is 0 Å². The quantitative estimate of drug-likeness (QED) is 0.513. The van der Waals surface area contributed by atoms with Crippen molar-refractivity contribution in [3.05, 3.63) is 68.5 Å². The van der Waals surface area contributed by atoms with Gasteiger partial charge in [-0.25, -0.2) is 4.98 Å². The molecule has 0 aliphatic heterocycles. The van der Waals surface area contributed by atoms with Crippen LogP contribution < -0.4 is 5.56 Å². The number of aromatic amines is 1. The molecule has 3 aromatic heterocycles. The number of aromatic nitrogens is 3. The Morgan fingerprint density at radius 1 is 1.08 bits per heavy atom. The first-order chi connectivity index (χ1) is 12.2. The zero-order chi connectivity index (χ0) is 17.4. The van der Waals surface area contributed by atoms with Gasteiger partial charge in [0, 0.05) is 32.9 Å². The van der Waals surface area contributed by atoms with Gasteiger partial charge in [-0.3, -0.25) is 9.78 Å². The third-order valence-electron chi connectivity index (χ3n) is 4.04. The molecular formula is C19H14BrN3OS. The molecule has 0 fully saturated rings. The van der Waals surface area contributed by atoms with Gasteiger partial charge in [0.05, 0.1) is 5.39 Å². The number of pyridine rings is 1. The van der Waals surface area contributed by atoms with E-state index in [9.17, 15) is 4.79 Å². The second-order valence-corrected chi connectivity index (χ2v) is 7.59. The molecule has 3 heterocycles. The van der Waals surface area contributed by atoms with E-state index in [0.717, 1.165) is 32.4 Å². The molecule has 1 N–H and O–H groups in total. The first-order valence-electron chi connectivity index (χ1n) is 7.89. The Bertz CT molecular complexity index is 1100. The Labute approximate surface area is 156 Å². The summed E-state index contributed by atoms with van der Waals surface area (Å²) in [6.45, 7) is 2.10. The molecule has 0 atom stereocenters. The minimum atomic E-state index is -0.106. The normalized spacial score (nSPS) is 11.1. The van der Waals surface area contributed by atoms with Gasteiger partial charge in [-0.2, -0.15) is 0 Å². The van der Waals surface area contributed by atoms with Crippen molar-refractivity contribution in [1.82, 2.24) is 15.0 Å². The summed E-state index contributed by atoms with van der Waals surface area (Å²) in [7, 11) is 0. The van der Waals surface area contributed by atoms with E-state index in [-0.39, 0.29) is 5.56 Å². The molecule has 0 spiro atoms. The van der Waals surface area contributed by atoms with Crippen molar-refractivity contribution in [3.63, 3.8) is 0 Å². The number of hydrogen-bond donors (Lipinski definition) is 1. The summed E-state index contributed by atoms with van der Waals surface area (Å²) in [6.07, 6.45) is 4.24. The molecule has 6 heteroatoms. The highest BCUT2D eigenvalue weighted by Crippen LogP contribution is 2.37. The van der Waals surface area contributed by atoms with Gasteiger partial charge in [-0.1, -0.05) is 35.0 Å². The lowest BCUT2D eigenvalue weighted by Crippen LogP contribution is -2.09. The average Bonchev–Trinajstić information content (AvgIpc) is 3.02. The Morgan fingerprint density at radius 3 is 2.48 bits per heavy atom. The number of nitrogens with one attached hydrogen (secondary N) is 1. The van der Waals surface area contributed by atoms with Crippen LogP contribution in [0.5, 0.6) is 0 Å². The summed E-state index contributed by atoms with van der Waals surface area (Å²) in [5.74, 6) is 0.575. The highest BCUT2D eigenvalue weighted by molar-refractivity contribution is 9.10. The monoisotopic (exact) mass is 411 g/mol. The van der Waals surface area contributed by atoms with Crippen LogP contribution in [0.4, 0.5) is 0 Å². The molecule has 0 saturated carbocycles. The zero-order valence-corrected chi connectivity index (χ0v) is 15.8. The van der Waals surface area contributed by atoms with Crippen molar-refractivity contribution in [2.45, 2.75) is 13.3 Å². The van der Waals surface area contributed by atoms with Crippen LogP contribution in [0.3, 0.4) is 0 Å². The van der Waals surface area contributed by atoms with Gasteiger partial charge in [-0.05, 0) is 36.2 Å². The first-order valence-corrected chi connectivity index (χ1v) is 9.50. The summed E-state index contributed by atoms with van der Waals surface area (Å²) in [4.78, 5) is 26.4. The van der Waals surface area contributed by atoms with Gasteiger partial charge >= 0.3 is 0 Å². The van der Waals surface area contributed by atoms with Crippen LogP contribution in [0.25, 0.3) is 32.7 Å². The SMILES string of the molecule is CCc1sc2nc(-c3ccncc3)[nH]c(=O)c2c1-c1ccc(Br)cc1. The van der Waals surface area contributed by atoms with Crippen LogP contribution in [0, 0.1) is 0 Å². The van der Waals surface area contributed by atoms with Crippen LogP contribution in [0.1, 0.15) is 11.8 Å². The molecule has 0 unspecified atom stereocenters. The van der Waals surface area contributed by atoms with E-state index >= 15 is 0 Å². The minimum absolute atomic E-state index is 0.106. The van der Waals surface area contributed by atoms with Crippen LogP contribution in [0.15, 0.2) is 58.1 Å². The Hall–Kier alpha value is -2.31. The van der Waals surface area contributed by atoms with Crippen molar-refractivity contribution in [2.24, 2.45) is 0 Å². The second-order valence-electron chi connectivity index (χ2n) is 5.59. The summed E-state index contributed by atoms with van der Waals surface area (Å²) in [6, 6.07) is 11.7. The molecule has 1 aromatic carbocycles. The lowest BCUT2D eigenvalue weighted by molar-refractivity contribution is 1.17. The van der Waals surface area contributed by atoms with E-state index in [0.29, 0.717) is 11.2 Å². The highest BCUT2D eigenvalue weighted by atomic mass is 79.9. The van der Waals surface area contributed by atoms with Crippen molar-refractivity contribution < 1.29 is 0 Å². The zero-order valence-electron chi connectivity index (χ0n) is 13.4. The van der Waals surface area contributed by atoms with E-state index in [1.165, 1.54) is 4.88 Å². The number of nitrogens with zero attached hydrogens (tertiary/aromatic N) is 2. The lowest BCUT2D eigenvalue weighted by atomic mass is 10.0. The number of H-pyrrole nitrogens is 1. The number of benzene rings is 1. The van der Waals surface area contributed by atoms with Gasteiger partial charge in [0.25, 0.3) is 5.56 Å². The van der Waals surface area contributed by atoms with Crippen LogP contribution >= 0.6 is 27.3 Å². The Kier molecular flexibility index (Phi) is 4.23. The topological polar surface area (TPSA) is 58.6 Å². The van der Waals surface area contributed by atoms with Gasteiger partial charge in [0.1, 0.15) is 10.7 Å². The molecular weight excluding hydrogens is 398 g/mol. The maximum absolute atomic E-state index is 12.8. The van der Waals surface area contributed by atoms with Gasteiger partial charge in [-0.15, -0.1) is 11.3 Å². The van der Waals surface area contributed by atoms with Gasteiger partial charge in [0.2, 0.25) is 0 Å². The van der Waals surface area contributed by atoms with Crippen molar-refractivity contribution in [3.8, 4) is 22.5 Å². The maximum Gasteiger partial charge on any atom is 0.260 e. The fourth-order valence-electron chi connectivity index (χ4n) is 2.87. The van der Waals surface area contributed by atoms with E-state index in [2.05, 4.69) is 32.8 Å². The molecule has 0 amide bonds. The number of thiophene rings is 1. The Morgan fingerprint density at radius 2 is 1.80 bits per heavy atom. The predicted octanol–water partition coefficient (Wildman–Crippen LogP) is 5.04. The molecule has 0 saturated heterocycles. The fourth-order valence-corrected chi connectivity index (χ4v) is 4.27. The number of halogens is 1. The van der Waals surface area contributed by atoms with E-state index in [1.54, 1.807) is 23.7 Å². The number of hydrogen-bond acceptors (Lipinski definition) is 4. The average molecular weight is 412 g/mol. The summed E-state index contributed by atoms with van der Waals surface area (Å²) in [5, 5.41) is 0.668. The van der Waals surface area contributed by atoms with Crippen LogP contribution in [-0.4, -0.2) is 15.0 Å². The van der Waals surface area contributed by atoms with E-state index in [4.69, 9.17) is 4.98 Å². The molecule has 0 radical (unpaired) electrons. The third-order valence-corrected chi connectivity index (χ3v) is 5.80. The van der Waals surface area contributed by atoms with E-state index in [1.807, 2.05) is 36.4 Å². The highest BCUT2D eigenvalue weighted by Gasteiger charge is 2.18. The fraction of sp³-hybridized carbons (Fsp3) is 0.105. The van der Waals surface area contributed by atoms with Crippen molar-refractivity contribution in [2.75, 3.05) is 0 Å². The number of aryl methyl sites for hydroxylation is 1. The summed E-state index contributed by atoms with van der Waals surface area (Å²) >= 11 is 5.05. The van der Waals surface area contributed by atoms with Crippen LogP contribution in [0.2, 0.25) is 0 Å². The predicted molar refractivity (Wildman–Crippen MR) is 106 cm³/mol. The third kappa shape index (κ3) is 2.92. The smallest absolute Gasteiger partial charge is 0.260 e. The van der Waals surface area contributed by atoms with E-state index < -0.39 is 0 Å². The summed E-state index contributed by atoms with van der Waals surface area (Å²) < 4.78 is 1.01.